The molecule has 1 heterocycles. The number of nitrogens with one attached hydrogen (secondary N) is 1. The molecule has 0 saturated heterocycles. The van der Waals surface area contributed by atoms with E-state index in [-0.39, 0.29) is 5.54 Å². The van der Waals surface area contributed by atoms with Crippen LogP contribution in [0.25, 0.3) is 0 Å². The second kappa shape index (κ2) is 6.77. The predicted molar refractivity (Wildman–Crippen MR) is 89.2 cm³/mol. The van der Waals surface area contributed by atoms with Crippen molar-refractivity contribution in [3.63, 3.8) is 0 Å². The summed E-state index contributed by atoms with van der Waals surface area (Å²) in [6, 6.07) is 5.67. The molecule has 2 rings (SSSR count). The number of benzene rings is 1. The van der Waals surface area contributed by atoms with E-state index in [0.717, 1.165) is 33.6 Å². The molecule has 1 N–H and O–H groups in total. The molecule has 0 bridgehead atoms. The van der Waals surface area contributed by atoms with Crippen molar-refractivity contribution in [3.8, 4) is 5.75 Å². The average Bonchev–Trinajstić information content (AvgIpc) is 2.85. The molecule has 0 aliphatic carbocycles. The topological polar surface area (TPSA) is 34.1 Å². The predicted octanol–water partition coefficient (Wildman–Crippen LogP) is 4.57. The van der Waals surface area contributed by atoms with Crippen LogP contribution in [-0.2, 0) is 13.2 Å². The van der Waals surface area contributed by atoms with Crippen molar-refractivity contribution in [2.45, 2.75) is 46.4 Å². The SMILES string of the molecule is Cc1cc(OCc2csc(CNC(C)(C)C)n2)ccc1Cl. The molecule has 1 aromatic carbocycles. The fourth-order valence-electron chi connectivity index (χ4n) is 1.70. The van der Waals surface area contributed by atoms with Crippen molar-refractivity contribution in [1.82, 2.24) is 10.3 Å². The van der Waals surface area contributed by atoms with Crippen LogP contribution in [-0.4, -0.2) is 10.5 Å². The van der Waals surface area contributed by atoms with Crippen molar-refractivity contribution >= 4 is 22.9 Å². The summed E-state index contributed by atoms with van der Waals surface area (Å²) in [5.41, 5.74) is 2.07. The third kappa shape index (κ3) is 5.30. The Kier molecular flexibility index (Phi) is 5.25. The minimum atomic E-state index is 0.100. The largest absolute Gasteiger partial charge is 0.487 e. The summed E-state index contributed by atoms with van der Waals surface area (Å²) in [6.07, 6.45) is 0. The van der Waals surface area contributed by atoms with Gasteiger partial charge in [0.2, 0.25) is 0 Å². The van der Waals surface area contributed by atoms with Crippen molar-refractivity contribution in [1.29, 1.82) is 0 Å². The highest BCUT2D eigenvalue weighted by Gasteiger charge is 2.10. The van der Waals surface area contributed by atoms with Crippen LogP contribution in [0.2, 0.25) is 5.02 Å². The Hall–Kier alpha value is -1.10. The quantitative estimate of drug-likeness (QED) is 0.874. The van der Waals surface area contributed by atoms with Crippen LogP contribution < -0.4 is 10.1 Å². The highest BCUT2D eigenvalue weighted by molar-refractivity contribution is 7.09. The lowest BCUT2D eigenvalue weighted by molar-refractivity contribution is 0.301. The van der Waals surface area contributed by atoms with Crippen LogP contribution in [0, 0.1) is 6.92 Å². The van der Waals surface area contributed by atoms with Crippen molar-refractivity contribution < 1.29 is 4.74 Å². The van der Waals surface area contributed by atoms with Gasteiger partial charge in [-0.05, 0) is 51.5 Å². The molecule has 114 valence electrons. The van der Waals surface area contributed by atoms with Crippen LogP contribution in [0.1, 0.15) is 37.0 Å². The number of hydrogen-bond acceptors (Lipinski definition) is 4. The molecule has 1 aromatic heterocycles. The van der Waals surface area contributed by atoms with Crippen LogP contribution in [0.15, 0.2) is 23.6 Å². The summed E-state index contributed by atoms with van der Waals surface area (Å²) < 4.78 is 5.75. The summed E-state index contributed by atoms with van der Waals surface area (Å²) in [5, 5.41) is 7.31. The van der Waals surface area contributed by atoms with E-state index in [1.165, 1.54) is 0 Å². The molecule has 0 atom stereocenters. The van der Waals surface area contributed by atoms with Gasteiger partial charge in [0.15, 0.2) is 0 Å². The zero-order valence-electron chi connectivity index (χ0n) is 12.9. The number of aryl methyl sites for hydroxylation is 1. The van der Waals surface area contributed by atoms with E-state index in [1.54, 1.807) is 11.3 Å². The third-order valence-corrected chi connectivity index (χ3v) is 4.21. The average molecular weight is 325 g/mol. The van der Waals surface area contributed by atoms with Crippen molar-refractivity contribution in [2.75, 3.05) is 0 Å². The van der Waals surface area contributed by atoms with Crippen molar-refractivity contribution in [2.24, 2.45) is 0 Å². The maximum absolute atomic E-state index is 6.00. The molecule has 5 heteroatoms. The normalized spacial score (nSPS) is 11.7. The molecule has 0 spiro atoms. The number of hydrogen-bond donors (Lipinski definition) is 1. The molecule has 3 nitrogen and oxygen atoms in total. The number of halogens is 1. The zero-order valence-corrected chi connectivity index (χ0v) is 14.4. The Morgan fingerprint density at radius 1 is 1.33 bits per heavy atom. The molecule has 0 amide bonds. The molecule has 0 fully saturated rings. The van der Waals surface area contributed by atoms with E-state index < -0.39 is 0 Å². The van der Waals surface area contributed by atoms with E-state index in [1.807, 2.05) is 30.5 Å². The minimum absolute atomic E-state index is 0.100. The summed E-state index contributed by atoms with van der Waals surface area (Å²) in [6.45, 7) is 9.67. The summed E-state index contributed by atoms with van der Waals surface area (Å²) in [7, 11) is 0. The lowest BCUT2D eigenvalue weighted by Crippen LogP contribution is -2.35. The Balaban J connectivity index is 1.89. The Morgan fingerprint density at radius 2 is 2.10 bits per heavy atom. The zero-order chi connectivity index (χ0) is 15.5. The van der Waals surface area contributed by atoms with E-state index in [4.69, 9.17) is 16.3 Å². The first-order valence-electron chi connectivity index (χ1n) is 6.91. The van der Waals surface area contributed by atoms with Gasteiger partial charge in [0.25, 0.3) is 0 Å². The molecule has 0 aliphatic rings. The Labute approximate surface area is 135 Å². The number of rotatable bonds is 5. The van der Waals surface area contributed by atoms with Crippen molar-refractivity contribution in [3.05, 3.63) is 44.9 Å². The monoisotopic (exact) mass is 324 g/mol. The Morgan fingerprint density at radius 3 is 2.76 bits per heavy atom. The van der Waals surface area contributed by atoms with Gasteiger partial charge in [-0.3, -0.25) is 0 Å². The number of ether oxygens (including phenoxy) is 1. The highest BCUT2D eigenvalue weighted by atomic mass is 35.5. The minimum Gasteiger partial charge on any atom is -0.487 e. The maximum Gasteiger partial charge on any atom is 0.131 e. The van der Waals surface area contributed by atoms with Gasteiger partial charge in [-0.15, -0.1) is 11.3 Å². The van der Waals surface area contributed by atoms with Crippen LogP contribution in [0.4, 0.5) is 0 Å². The van der Waals surface area contributed by atoms with Gasteiger partial charge in [0.1, 0.15) is 17.4 Å². The maximum atomic E-state index is 6.00. The molecule has 2 aromatic rings. The summed E-state index contributed by atoms with van der Waals surface area (Å²) in [4.78, 5) is 4.57. The molecular weight excluding hydrogens is 304 g/mol. The fraction of sp³-hybridized carbons (Fsp3) is 0.438. The van der Waals surface area contributed by atoms with Crippen LogP contribution in [0.5, 0.6) is 5.75 Å². The molecule has 0 radical (unpaired) electrons. The van der Waals surface area contributed by atoms with Gasteiger partial charge in [0, 0.05) is 22.5 Å². The fourth-order valence-corrected chi connectivity index (χ4v) is 2.54. The van der Waals surface area contributed by atoms with Gasteiger partial charge in [-0.2, -0.15) is 0 Å². The molecule has 0 saturated carbocycles. The first kappa shape index (κ1) is 16.3. The van der Waals surface area contributed by atoms with Crippen LogP contribution in [0.3, 0.4) is 0 Å². The molecular formula is C16H21ClN2OS. The van der Waals surface area contributed by atoms with Gasteiger partial charge in [-0.25, -0.2) is 4.98 Å². The van der Waals surface area contributed by atoms with Crippen LogP contribution >= 0.6 is 22.9 Å². The van der Waals surface area contributed by atoms with E-state index >= 15 is 0 Å². The molecule has 0 unspecified atom stereocenters. The van der Waals surface area contributed by atoms with E-state index in [2.05, 4.69) is 31.1 Å². The third-order valence-electron chi connectivity index (χ3n) is 2.89. The van der Waals surface area contributed by atoms with E-state index in [9.17, 15) is 0 Å². The summed E-state index contributed by atoms with van der Waals surface area (Å²) >= 11 is 7.66. The highest BCUT2D eigenvalue weighted by Crippen LogP contribution is 2.22. The first-order valence-corrected chi connectivity index (χ1v) is 8.16. The molecule has 0 aliphatic heterocycles. The second-order valence-corrected chi connectivity index (χ2v) is 7.39. The van der Waals surface area contributed by atoms with E-state index in [0.29, 0.717) is 6.61 Å². The summed E-state index contributed by atoms with van der Waals surface area (Å²) in [5.74, 6) is 0.819. The number of aromatic nitrogens is 1. The smallest absolute Gasteiger partial charge is 0.131 e. The first-order chi connectivity index (χ1) is 9.83. The van der Waals surface area contributed by atoms with Gasteiger partial charge >= 0.3 is 0 Å². The standard InChI is InChI=1S/C16H21ClN2OS/c1-11-7-13(5-6-14(11)17)20-9-12-10-21-15(19-12)8-18-16(2,3)4/h5-7,10,18H,8-9H2,1-4H3. The number of nitrogens with zero attached hydrogens (tertiary/aromatic N) is 1. The Bertz CT molecular complexity index is 605. The number of thiazole rings is 1. The molecule has 21 heavy (non-hydrogen) atoms. The van der Waals surface area contributed by atoms with Gasteiger partial charge in [0.05, 0.1) is 5.69 Å². The van der Waals surface area contributed by atoms with Gasteiger partial charge < -0.3 is 10.1 Å². The lowest BCUT2D eigenvalue weighted by atomic mass is 10.1. The second-order valence-electron chi connectivity index (χ2n) is 6.04. The lowest BCUT2D eigenvalue weighted by Gasteiger charge is -2.19. The van der Waals surface area contributed by atoms with Gasteiger partial charge in [-0.1, -0.05) is 11.6 Å².